The first-order valence-electron chi connectivity index (χ1n) is 9.82. The zero-order chi connectivity index (χ0) is 18.3. The number of rotatable bonds is 7. The maximum absolute atomic E-state index is 12.5. The van der Waals surface area contributed by atoms with Gasteiger partial charge in [-0.15, -0.1) is 4.65 Å². The third-order valence-electron chi connectivity index (χ3n) is 6.41. The highest BCUT2D eigenvalue weighted by atomic mass is 16.7. The second-order valence-electron chi connectivity index (χ2n) is 8.25. The van der Waals surface area contributed by atoms with Gasteiger partial charge in [0.25, 0.3) is 0 Å². The summed E-state index contributed by atoms with van der Waals surface area (Å²) in [5.74, 6) is -0.732. The fourth-order valence-electron chi connectivity index (χ4n) is 4.71. The van der Waals surface area contributed by atoms with Crippen molar-refractivity contribution in [3.63, 3.8) is 0 Å². The zero-order valence-corrected chi connectivity index (χ0v) is 15.4. The Bertz CT molecular complexity index is 568. The van der Waals surface area contributed by atoms with E-state index in [0.29, 0.717) is 13.1 Å². The molecule has 1 radical (unpaired) electrons. The molecule has 4 aliphatic heterocycles. The molecule has 7 atom stereocenters. The van der Waals surface area contributed by atoms with Gasteiger partial charge in [-0.2, -0.15) is 0 Å². The molecule has 7 unspecified atom stereocenters. The van der Waals surface area contributed by atoms with Crippen LogP contribution in [0.2, 0.25) is 0 Å². The Morgan fingerprint density at radius 3 is 2.04 bits per heavy atom. The molecule has 7 nitrogen and oxygen atoms in total. The summed E-state index contributed by atoms with van der Waals surface area (Å²) >= 11 is 0. The molecule has 4 fully saturated rings. The van der Waals surface area contributed by atoms with Crippen molar-refractivity contribution in [3.8, 4) is 0 Å². The first kappa shape index (κ1) is 18.2. The van der Waals surface area contributed by atoms with Crippen LogP contribution in [0.1, 0.15) is 38.5 Å². The maximum Gasteiger partial charge on any atom is 0.372 e. The fourth-order valence-corrected chi connectivity index (χ4v) is 4.71. The lowest BCUT2D eigenvalue weighted by molar-refractivity contribution is -1.07. The molecule has 4 aliphatic rings. The van der Waals surface area contributed by atoms with E-state index in [1.165, 1.54) is 0 Å². The van der Waals surface area contributed by atoms with Crippen LogP contribution in [0.4, 0.5) is 0 Å². The highest BCUT2D eigenvalue weighted by Crippen LogP contribution is 2.40. The fraction of sp³-hybridized carbons (Fsp3) is 0.842. The number of hydrogen-bond acceptors (Lipinski definition) is 6. The van der Waals surface area contributed by atoms with E-state index in [4.69, 9.17) is 19.0 Å². The van der Waals surface area contributed by atoms with E-state index < -0.39 is 0 Å². The second kappa shape index (κ2) is 7.09. The van der Waals surface area contributed by atoms with Crippen molar-refractivity contribution < 1.29 is 33.3 Å². The van der Waals surface area contributed by atoms with Gasteiger partial charge in [0.15, 0.2) is 6.54 Å². The molecule has 7 heteroatoms. The molecular weight excluding hydrogens is 338 g/mol. The number of ether oxygens (including phenoxy) is 3. The summed E-state index contributed by atoms with van der Waals surface area (Å²) in [6, 6.07) is 0. The monoisotopic (exact) mass is 367 g/mol. The third-order valence-corrected chi connectivity index (χ3v) is 6.41. The minimum absolute atomic E-state index is 0.00128. The Kier molecular flexibility index (Phi) is 4.96. The van der Waals surface area contributed by atoms with Crippen molar-refractivity contribution in [3.05, 3.63) is 6.92 Å². The molecule has 4 bridgehead atoms. The van der Waals surface area contributed by atoms with Crippen molar-refractivity contribution in [2.75, 3.05) is 26.7 Å². The van der Waals surface area contributed by atoms with Crippen LogP contribution >= 0.6 is 0 Å². The number of quaternary nitrogens is 1. The maximum atomic E-state index is 12.5. The predicted molar refractivity (Wildman–Crippen MR) is 90.3 cm³/mol. The van der Waals surface area contributed by atoms with Crippen LogP contribution in [-0.2, 0) is 28.6 Å². The summed E-state index contributed by atoms with van der Waals surface area (Å²) in [4.78, 5) is 30.5. The van der Waals surface area contributed by atoms with Crippen molar-refractivity contribution in [2.24, 2.45) is 11.8 Å². The Morgan fingerprint density at radius 2 is 1.58 bits per heavy atom. The Morgan fingerprint density at radius 1 is 1.00 bits per heavy atom. The van der Waals surface area contributed by atoms with Crippen molar-refractivity contribution in [1.29, 1.82) is 0 Å². The van der Waals surface area contributed by atoms with Gasteiger partial charge in [-0.25, -0.2) is 4.79 Å². The highest BCUT2D eigenvalue weighted by Gasteiger charge is 2.48. The minimum Gasteiger partial charge on any atom is -0.459 e. The van der Waals surface area contributed by atoms with Gasteiger partial charge in [-0.3, -0.25) is 9.63 Å². The Hall–Kier alpha value is -1.18. The van der Waals surface area contributed by atoms with E-state index in [2.05, 4.69) is 6.92 Å². The molecule has 0 aromatic rings. The van der Waals surface area contributed by atoms with E-state index in [0.717, 1.165) is 38.5 Å². The number of fused-ring (bicyclic) bond motifs is 4. The molecular formula is C19H29NO6+. The zero-order valence-electron chi connectivity index (χ0n) is 15.4. The average Bonchev–Trinajstić information content (AvgIpc) is 3.41. The van der Waals surface area contributed by atoms with Gasteiger partial charge in [0.05, 0.1) is 36.3 Å². The van der Waals surface area contributed by atoms with Gasteiger partial charge in [0, 0.05) is 6.92 Å². The average molecular weight is 367 g/mol. The van der Waals surface area contributed by atoms with Crippen LogP contribution in [0.15, 0.2) is 0 Å². The number of nitrogens with zero attached hydrogens (tertiary/aromatic N) is 1. The van der Waals surface area contributed by atoms with Crippen LogP contribution < -0.4 is 0 Å². The quantitative estimate of drug-likeness (QED) is 0.385. The molecule has 26 heavy (non-hydrogen) atoms. The number of carbonyl (C=O) groups excluding carboxylic acids is 2. The Balaban J connectivity index is 1.24. The topological polar surface area (TPSA) is 71.1 Å². The molecule has 0 aliphatic carbocycles. The van der Waals surface area contributed by atoms with Gasteiger partial charge in [0.2, 0.25) is 0 Å². The summed E-state index contributed by atoms with van der Waals surface area (Å²) in [5, 5.41) is 0. The van der Waals surface area contributed by atoms with Gasteiger partial charge in [0.1, 0.15) is 20.2 Å². The number of likely N-dealkylation sites (N-methyl/N-ethyl adjacent to an activating group) is 1. The molecule has 145 valence electrons. The molecule has 4 rings (SSSR count). The van der Waals surface area contributed by atoms with Gasteiger partial charge < -0.3 is 14.2 Å². The summed E-state index contributed by atoms with van der Waals surface area (Å²) in [6.45, 7) is 4.87. The summed E-state index contributed by atoms with van der Waals surface area (Å²) in [7, 11) is 1.80. The molecule has 0 aromatic heterocycles. The molecule has 0 aromatic carbocycles. The van der Waals surface area contributed by atoms with Crippen LogP contribution in [0, 0.1) is 18.8 Å². The smallest absolute Gasteiger partial charge is 0.372 e. The largest absolute Gasteiger partial charge is 0.459 e. The van der Waals surface area contributed by atoms with Crippen LogP contribution in [-0.4, -0.2) is 67.7 Å². The highest BCUT2D eigenvalue weighted by molar-refractivity contribution is 5.74. The molecule has 0 saturated carbocycles. The lowest BCUT2D eigenvalue weighted by Gasteiger charge is -2.31. The number of hydroxylamine groups is 3. The first-order chi connectivity index (χ1) is 12.5. The van der Waals surface area contributed by atoms with Crippen molar-refractivity contribution in [1.82, 2.24) is 0 Å². The number of hydrogen-bond donors (Lipinski definition) is 0. The van der Waals surface area contributed by atoms with E-state index >= 15 is 0 Å². The van der Waals surface area contributed by atoms with E-state index in [-0.39, 0.29) is 59.4 Å². The number of esters is 1. The standard InChI is InChI=1S/C19H29NO6/c1-3-20(2,26-19(22)15-11-13-5-7-17(15)25-13)8-9-23-18(21)14-10-12-4-6-16(14)24-12/h12-17H,1,3-11H2,2H3/q+1. The van der Waals surface area contributed by atoms with E-state index in [1.807, 2.05) is 0 Å². The van der Waals surface area contributed by atoms with E-state index in [1.54, 1.807) is 7.05 Å². The molecule has 0 N–H and O–H groups in total. The second-order valence-corrected chi connectivity index (χ2v) is 8.25. The van der Waals surface area contributed by atoms with Crippen molar-refractivity contribution in [2.45, 2.75) is 62.9 Å². The lowest BCUT2D eigenvalue weighted by Crippen LogP contribution is -2.49. The molecule has 4 saturated heterocycles. The lowest BCUT2D eigenvalue weighted by atomic mass is 9.89. The van der Waals surface area contributed by atoms with Gasteiger partial charge in [-0.05, 0) is 38.5 Å². The summed E-state index contributed by atoms with van der Waals surface area (Å²) in [5.41, 5.74) is 0. The minimum atomic E-state index is -0.226. The predicted octanol–water partition coefficient (Wildman–Crippen LogP) is 1.40. The van der Waals surface area contributed by atoms with Crippen LogP contribution in [0.3, 0.4) is 0 Å². The SMILES string of the molecule is [CH2]C[N+](C)(CCOC(=O)C1CC2CCC1O2)OC(=O)C1CC2CCC1O2. The normalized spacial score (nSPS) is 39.8. The molecule has 4 heterocycles. The Labute approximate surface area is 154 Å². The molecule has 0 spiro atoms. The van der Waals surface area contributed by atoms with E-state index in [9.17, 15) is 9.59 Å². The van der Waals surface area contributed by atoms with Crippen molar-refractivity contribution >= 4 is 11.9 Å². The third kappa shape index (κ3) is 3.49. The summed E-state index contributed by atoms with van der Waals surface area (Å²) < 4.78 is 16.9. The number of carbonyl (C=O) groups is 2. The molecule has 0 amide bonds. The first-order valence-corrected chi connectivity index (χ1v) is 9.82. The van der Waals surface area contributed by atoms with Gasteiger partial charge >= 0.3 is 11.9 Å². The van der Waals surface area contributed by atoms with Gasteiger partial charge in [-0.1, -0.05) is 0 Å². The van der Waals surface area contributed by atoms with Crippen LogP contribution in [0.25, 0.3) is 0 Å². The van der Waals surface area contributed by atoms with Crippen LogP contribution in [0.5, 0.6) is 0 Å². The summed E-state index contributed by atoms with van der Waals surface area (Å²) in [6.07, 6.45) is 5.95.